The minimum absolute atomic E-state index is 0.0220. The molecule has 1 atom stereocenters. The minimum atomic E-state index is -5.01. The molecule has 6 nitrogen and oxygen atoms in total. The van der Waals surface area contributed by atoms with Gasteiger partial charge in [0.05, 0.1) is 27.4 Å². The quantitative estimate of drug-likeness (QED) is 0.200. The number of alkyl halides is 6. The van der Waals surface area contributed by atoms with Gasteiger partial charge >= 0.3 is 12.4 Å². The predicted molar refractivity (Wildman–Crippen MR) is 161 cm³/mol. The third-order valence-electron chi connectivity index (χ3n) is 7.56. The van der Waals surface area contributed by atoms with E-state index in [4.69, 9.17) is 16.4 Å². The van der Waals surface area contributed by atoms with Crippen molar-refractivity contribution < 1.29 is 45.2 Å². The number of benzene rings is 4. The monoisotopic (exact) mass is 677 g/mol. The van der Waals surface area contributed by atoms with Crippen LogP contribution < -0.4 is 10.6 Å². The molecule has 1 unspecified atom stereocenters. The Hall–Kier alpha value is -4.91. The Bertz CT molecular complexity index is 1880. The van der Waals surface area contributed by atoms with Gasteiger partial charge in [-0.25, -0.2) is 4.39 Å². The van der Waals surface area contributed by atoms with E-state index in [0.717, 1.165) is 48.5 Å². The average Bonchev–Trinajstić information content (AvgIpc) is 3.47. The molecule has 244 valence electrons. The highest BCUT2D eigenvalue weighted by molar-refractivity contribution is 6.34. The zero-order valence-electron chi connectivity index (χ0n) is 24.4. The van der Waals surface area contributed by atoms with E-state index in [0.29, 0.717) is 0 Å². The van der Waals surface area contributed by atoms with E-state index in [1.165, 1.54) is 32.0 Å². The van der Waals surface area contributed by atoms with Crippen LogP contribution in [-0.4, -0.2) is 23.7 Å². The first-order chi connectivity index (χ1) is 22.0. The third kappa shape index (κ3) is 6.66. The predicted octanol–water partition coefficient (Wildman–Crippen LogP) is 9.20. The number of carbonyl (C=O) groups excluding carboxylic acids is 2. The molecule has 0 aliphatic carbocycles. The van der Waals surface area contributed by atoms with Gasteiger partial charge in [0.1, 0.15) is 5.82 Å². The largest absolute Gasteiger partial charge is 0.435 e. The molecule has 0 saturated carbocycles. The van der Waals surface area contributed by atoms with Crippen molar-refractivity contribution in [3.8, 4) is 0 Å². The van der Waals surface area contributed by atoms with Crippen molar-refractivity contribution in [1.82, 2.24) is 0 Å². The van der Waals surface area contributed by atoms with Crippen molar-refractivity contribution in [3.05, 3.63) is 129 Å². The molecule has 14 heteroatoms. The van der Waals surface area contributed by atoms with E-state index in [1.54, 1.807) is 12.1 Å². The highest BCUT2D eigenvalue weighted by atomic mass is 35.5. The normalized spacial score (nSPS) is 16.3. The number of aryl methyl sites for hydroxylation is 2. The molecule has 2 amide bonds. The molecule has 4 aromatic rings. The fraction of sp³-hybridized carbons (Fsp3) is 0.182. The topological polar surface area (TPSA) is 79.8 Å². The number of amides is 2. The summed E-state index contributed by atoms with van der Waals surface area (Å²) in [6.45, 7) is 2.86. The Kier molecular flexibility index (Phi) is 8.80. The van der Waals surface area contributed by atoms with Gasteiger partial charge in [-0.1, -0.05) is 41.0 Å². The van der Waals surface area contributed by atoms with Gasteiger partial charge in [-0.05, 0) is 85.1 Å². The summed E-state index contributed by atoms with van der Waals surface area (Å²) in [5.74, 6) is -2.46. The van der Waals surface area contributed by atoms with Crippen molar-refractivity contribution in [2.75, 3.05) is 10.6 Å². The van der Waals surface area contributed by atoms with E-state index in [-0.39, 0.29) is 49.9 Å². The Balaban J connectivity index is 1.39. The lowest BCUT2D eigenvalue weighted by atomic mass is 9.84. The highest BCUT2D eigenvalue weighted by Gasteiger charge is 2.62. The van der Waals surface area contributed by atoms with Crippen molar-refractivity contribution in [1.29, 1.82) is 0 Å². The molecule has 1 aliphatic heterocycles. The first-order valence-corrected chi connectivity index (χ1v) is 14.2. The van der Waals surface area contributed by atoms with Gasteiger partial charge in [0.25, 0.3) is 17.4 Å². The SMILES string of the molecule is Cc1cc(C2(C(F)(F)F)CC(c3ccc(C(F)(F)F)cc3)=NO2)cc(C)c1NC(=O)c1cc(NC(=O)c2ccccc2Cl)ccc1F. The van der Waals surface area contributed by atoms with Crippen molar-refractivity contribution >= 4 is 40.5 Å². The highest BCUT2D eigenvalue weighted by Crippen LogP contribution is 2.50. The van der Waals surface area contributed by atoms with Gasteiger partial charge in [-0.2, -0.15) is 26.3 Å². The maximum Gasteiger partial charge on any atom is 0.435 e. The summed E-state index contributed by atoms with van der Waals surface area (Å²) >= 11 is 6.06. The number of rotatable bonds is 6. The Morgan fingerprint density at radius 1 is 0.830 bits per heavy atom. The number of carbonyl (C=O) groups is 2. The zero-order valence-corrected chi connectivity index (χ0v) is 25.2. The molecular weight excluding hydrogens is 655 g/mol. The molecule has 4 aromatic carbocycles. The zero-order chi connectivity index (χ0) is 34.3. The molecule has 1 aliphatic rings. The summed E-state index contributed by atoms with van der Waals surface area (Å²) in [7, 11) is 0. The average molecular weight is 678 g/mol. The first kappa shape index (κ1) is 33.5. The maximum absolute atomic E-state index is 14.8. The Morgan fingerprint density at radius 2 is 1.45 bits per heavy atom. The van der Waals surface area contributed by atoms with Gasteiger partial charge in [-0.3, -0.25) is 9.59 Å². The molecule has 2 N–H and O–H groups in total. The van der Waals surface area contributed by atoms with Crippen LogP contribution in [0.5, 0.6) is 0 Å². The molecule has 0 radical (unpaired) electrons. The number of halogens is 8. The fourth-order valence-corrected chi connectivity index (χ4v) is 5.33. The molecule has 0 spiro atoms. The van der Waals surface area contributed by atoms with Gasteiger partial charge < -0.3 is 15.5 Å². The van der Waals surface area contributed by atoms with Crippen LogP contribution in [0.4, 0.5) is 42.1 Å². The van der Waals surface area contributed by atoms with Crippen LogP contribution in [0, 0.1) is 19.7 Å². The van der Waals surface area contributed by atoms with Gasteiger partial charge in [0, 0.05) is 23.4 Å². The molecule has 1 heterocycles. The lowest BCUT2D eigenvalue weighted by Crippen LogP contribution is -2.42. The summed E-state index contributed by atoms with van der Waals surface area (Å²) in [6.07, 6.45) is -10.5. The second-order valence-corrected chi connectivity index (χ2v) is 11.2. The number of hydrogen-bond donors (Lipinski definition) is 2. The van der Waals surface area contributed by atoms with Gasteiger partial charge in [-0.15, -0.1) is 0 Å². The summed E-state index contributed by atoms with van der Waals surface area (Å²) in [6, 6.07) is 15.3. The standard InChI is InChI=1S/C33H23ClF7N3O3/c1-17-13-21(31(33(39,40)41)16-27(44-47-31)19-7-9-20(10-8-19)32(36,37)38)14-18(2)28(17)43-30(46)24-15-22(11-12-26(24)35)42-29(45)23-5-3-4-6-25(23)34/h3-15H,16H2,1-2H3,(H,42,45)(H,43,46). The molecule has 0 saturated heterocycles. The summed E-state index contributed by atoms with van der Waals surface area (Å²) < 4.78 is 97.5. The van der Waals surface area contributed by atoms with Crippen LogP contribution >= 0.6 is 11.6 Å². The third-order valence-corrected chi connectivity index (χ3v) is 7.89. The summed E-state index contributed by atoms with van der Waals surface area (Å²) in [5.41, 5.74) is -4.26. The molecule has 5 rings (SSSR count). The molecule has 47 heavy (non-hydrogen) atoms. The van der Waals surface area contributed by atoms with Crippen LogP contribution in [0.25, 0.3) is 0 Å². The molecular formula is C33H23ClF7N3O3. The van der Waals surface area contributed by atoms with Crippen LogP contribution in [0.1, 0.15) is 55.0 Å². The number of nitrogens with zero attached hydrogens (tertiary/aromatic N) is 1. The van der Waals surface area contributed by atoms with Crippen molar-refractivity contribution in [2.45, 2.75) is 38.2 Å². The molecule has 0 fully saturated rings. The van der Waals surface area contributed by atoms with Crippen molar-refractivity contribution in [3.63, 3.8) is 0 Å². The first-order valence-electron chi connectivity index (χ1n) is 13.8. The van der Waals surface area contributed by atoms with Crippen LogP contribution in [-0.2, 0) is 16.6 Å². The number of oxime groups is 1. The molecule has 0 aromatic heterocycles. The van der Waals surface area contributed by atoms with E-state index in [2.05, 4.69) is 15.8 Å². The Labute approximate surface area is 268 Å². The van der Waals surface area contributed by atoms with Crippen molar-refractivity contribution in [2.24, 2.45) is 5.16 Å². The smallest absolute Gasteiger partial charge is 0.374 e. The van der Waals surface area contributed by atoms with Gasteiger partial charge in [0.2, 0.25) is 0 Å². The fourth-order valence-electron chi connectivity index (χ4n) is 5.11. The van der Waals surface area contributed by atoms with E-state index >= 15 is 0 Å². The van der Waals surface area contributed by atoms with Gasteiger partial charge in [0.15, 0.2) is 0 Å². The maximum atomic E-state index is 14.8. The minimum Gasteiger partial charge on any atom is -0.374 e. The van der Waals surface area contributed by atoms with E-state index < -0.39 is 53.1 Å². The summed E-state index contributed by atoms with van der Waals surface area (Å²) in [4.78, 5) is 30.8. The second kappa shape index (κ2) is 12.4. The Morgan fingerprint density at radius 3 is 2.04 bits per heavy atom. The summed E-state index contributed by atoms with van der Waals surface area (Å²) in [5, 5.41) is 8.83. The lowest BCUT2D eigenvalue weighted by molar-refractivity contribution is -0.275. The number of hydrogen-bond acceptors (Lipinski definition) is 4. The molecule has 0 bridgehead atoms. The van der Waals surface area contributed by atoms with Crippen LogP contribution in [0.2, 0.25) is 5.02 Å². The van der Waals surface area contributed by atoms with Crippen LogP contribution in [0.15, 0.2) is 84.0 Å². The van der Waals surface area contributed by atoms with Crippen LogP contribution in [0.3, 0.4) is 0 Å². The number of anilines is 2. The second-order valence-electron chi connectivity index (χ2n) is 10.8. The van der Waals surface area contributed by atoms with E-state index in [1.807, 2.05) is 0 Å². The van der Waals surface area contributed by atoms with E-state index in [9.17, 15) is 40.3 Å². The number of nitrogens with one attached hydrogen (secondary N) is 2. The lowest BCUT2D eigenvalue weighted by Gasteiger charge is -2.30.